The zero-order valence-corrected chi connectivity index (χ0v) is 12.1. The second kappa shape index (κ2) is 6.48. The third-order valence-corrected chi connectivity index (χ3v) is 4.07. The highest BCUT2D eigenvalue weighted by Crippen LogP contribution is 2.21. The van der Waals surface area contributed by atoms with Crippen LogP contribution < -0.4 is 5.32 Å². The summed E-state index contributed by atoms with van der Waals surface area (Å²) in [7, 11) is 0. The quantitative estimate of drug-likeness (QED) is 0.911. The van der Waals surface area contributed by atoms with Gasteiger partial charge in [-0.15, -0.1) is 11.3 Å². The summed E-state index contributed by atoms with van der Waals surface area (Å²) in [6, 6.07) is 10.4. The van der Waals surface area contributed by atoms with E-state index in [1.807, 2.05) is 6.07 Å². The third kappa shape index (κ3) is 4.17. The fourth-order valence-corrected chi connectivity index (χ4v) is 2.99. The predicted octanol–water partition coefficient (Wildman–Crippen LogP) is 2.72. The van der Waals surface area contributed by atoms with Gasteiger partial charge >= 0.3 is 0 Å². The highest BCUT2D eigenvalue weighted by molar-refractivity contribution is 7.11. The molecule has 0 saturated heterocycles. The van der Waals surface area contributed by atoms with Crippen molar-refractivity contribution in [2.75, 3.05) is 6.54 Å². The van der Waals surface area contributed by atoms with Gasteiger partial charge in [0, 0.05) is 31.2 Å². The number of thiazole rings is 1. The Balaban J connectivity index is 1.98. The van der Waals surface area contributed by atoms with E-state index in [1.165, 1.54) is 17.4 Å². The molecule has 2 rings (SSSR count). The standard InChI is InChI=1S/C15H18N2OS/c1-11-14(10-13-6-4-3-5-7-13)19-15(17-11)8-9-16-12(2)18/h3-7H,8-10H2,1-2H3,(H,16,18). The zero-order chi connectivity index (χ0) is 13.7. The van der Waals surface area contributed by atoms with Crippen LogP contribution in [0.3, 0.4) is 0 Å². The number of hydrogen-bond acceptors (Lipinski definition) is 3. The van der Waals surface area contributed by atoms with Crippen LogP contribution in [0, 0.1) is 6.92 Å². The third-order valence-electron chi connectivity index (χ3n) is 2.86. The summed E-state index contributed by atoms with van der Waals surface area (Å²) in [5.74, 6) is 0.0118. The molecule has 0 saturated carbocycles. The first-order chi connectivity index (χ1) is 9.15. The molecule has 1 heterocycles. The van der Waals surface area contributed by atoms with E-state index >= 15 is 0 Å². The van der Waals surface area contributed by atoms with Gasteiger partial charge in [-0.1, -0.05) is 30.3 Å². The lowest BCUT2D eigenvalue weighted by Gasteiger charge is -1.99. The van der Waals surface area contributed by atoms with Crippen molar-refractivity contribution in [3.63, 3.8) is 0 Å². The number of nitrogens with one attached hydrogen (secondary N) is 1. The monoisotopic (exact) mass is 274 g/mol. The van der Waals surface area contributed by atoms with Crippen LogP contribution in [0.15, 0.2) is 30.3 Å². The lowest BCUT2D eigenvalue weighted by molar-refractivity contribution is -0.118. The molecule has 0 atom stereocenters. The highest BCUT2D eigenvalue weighted by Gasteiger charge is 2.08. The maximum atomic E-state index is 10.8. The molecule has 19 heavy (non-hydrogen) atoms. The maximum absolute atomic E-state index is 10.8. The summed E-state index contributed by atoms with van der Waals surface area (Å²) >= 11 is 1.74. The molecule has 3 nitrogen and oxygen atoms in total. The van der Waals surface area contributed by atoms with Crippen molar-refractivity contribution in [2.24, 2.45) is 0 Å². The minimum absolute atomic E-state index is 0.0118. The van der Waals surface area contributed by atoms with Crippen molar-refractivity contribution in [2.45, 2.75) is 26.7 Å². The van der Waals surface area contributed by atoms with Crippen LogP contribution in [0.5, 0.6) is 0 Å². The molecule has 0 bridgehead atoms. The van der Waals surface area contributed by atoms with Crippen molar-refractivity contribution >= 4 is 17.2 Å². The summed E-state index contributed by atoms with van der Waals surface area (Å²) in [4.78, 5) is 16.7. The van der Waals surface area contributed by atoms with Crippen LogP contribution in [0.25, 0.3) is 0 Å². The molecule has 4 heteroatoms. The minimum atomic E-state index is 0.0118. The Morgan fingerprint density at radius 3 is 2.74 bits per heavy atom. The Labute approximate surface area is 117 Å². The van der Waals surface area contributed by atoms with Gasteiger partial charge in [0.05, 0.1) is 10.7 Å². The molecule has 2 aromatic rings. The lowest BCUT2D eigenvalue weighted by atomic mass is 10.1. The van der Waals surface area contributed by atoms with E-state index in [1.54, 1.807) is 11.3 Å². The second-order valence-corrected chi connectivity index (χ2v) is 5.68. The van der Waals surface area contributed by atoms with Crippen LogP contribution in [-0.2, 0) is 17.6 Å². The molecule has 0 aliphatic heterocycles. The lowest BCUT2D eigenvalue weighted by Crippen LogP contribution is -2.22. The molecule has 100 valence electrons. The van der Waals surface area contributed by atoms with Crippen LogP contribution in [0.1, 0.15) is 28.1 Å². The smallest absolute Gasteiger partial charge is 0.216 e. The van der Waals surface area contributed by atoms with E-state index in [-0.39, 0.29) is 5.91 Å². The number of amides is 1. The molecule has 0 aliphatic rings. The van der Waals surface area contributed by atoms with Crippen molar-refractivity contribution in [1.29, 1.82) is 0 Å². The van der Waals surface area contributed by atoms with Gasteiger partial charge < -0.3 is 5.32 Å². The molecule has 0 spiro atoms. The summed E-state index contributed by atoms with van der Waals surface area (Å²) in [5.41, 5.74) is 2.41. The van der Waals surface area contributed by atoms with Crippen LogP contribution in [0.2, 0.25) is 0 Å². The van der Waals surface area contributed by atoms with Gasteiger partial charge in [0.25, 0.3) is 0 Å². The van der Waals surface area contributed by atoms with Crippen molar-refractivity contribution in [1.82, 2.24) is 10.3 Å². The number of hydrogen-bond donors (Lipinski definition) is 1. The summed E-state index contributed by atoms with van der Waals surface area (Å²) in [6.45, 7) is 4.25. The van der Waals surface area contributed by atoms with Gasteiger partial charge in [0.15, 0.2) is 0 Å². The molecule has 1 N–H and O–H groups in total. The highest BCUT2D eigenvalue weighted by atomic mass is 32.1. The summed E-state index contributed by atoms with van der Waals surface area (Å²) < 4.78 is 0. The number of rotatable bonds is 5. The van der Waals surface area contributed by atoms with Crippen molar-refractivity contribution in [3.8, 4) is 0 Å². The van der Waals surface area contributed by atoms with E-state index in [0.717, 1.165) is 23.5 Å². The van der Waals surface area contributed by atoms with E-state index in [9.17, 15) is 4.79 Å². The number of aromatic nitrogens is 1. The Kier molecular flexibility index (Phi) is 4.68. The van der Waals surface area contributed by atoms with Gasteiger partial charge in [-0.05, 0) is 12.5 Å². The molecule has 1 aromatic heterocycles. The summed E-state index contributed by atoms with van der Waals surface area (Å²) in [5, 5.41) is 3.89. The average molecular weight is 274 g/mol. The average Bonchev–Trinajstić information content (AvgIpc) is 2.71. The van der Waals surface area contributed by atoms with Gasteiger partial charge in [0.2, 0.25) is 5.91 Å². The fourth-order valence-electron chi connectivity index (χ4n) is 1.89. The largest absolute Gasteiger partial charge is 0.356 e. The van der Waals surface area contributed by atoms with Gasteiger partial charge in [0.1, 0.15) is 0 Å². The van der Waals surface area contributed by atoms with Crippen molar-refractivity contribution in [3.05, 3.63) is 51.5 Å². The minimum Gasteiger partial charge on any atom is -0.356 e. The molecule has 0 fully saturated rings. The van der Waals surface area contributed by atoms with Crippen molar-refractivity contribution < 1.29 is 4.79 Å². The normalized spacial score (nSPS) is 10.4. The molecular formula is C15H18N2OS. The SMILES string of the molecule is CC(=O)NCCc1nc(C)c(Cc2ccccc2)s1. The molecule has 0 radical (unpaired) electrons. The summed E-state index contributed by atoms with van der Waals surface area (Å²) in [6.07, 6.45) is 1.74. The molecule has 0 aliphatic carbocycles. The van der Waals surface area contributed by atoms with E-state index < -0.39 is 0 Å². The van der Waals surface area contributed by atoms with E-state index in [0.29, 0.717) is 6.54 Å². The van der Waals surface area contributed by atoms with E-state index in [2.05, 4.69) is 41.5 Å². The molecule has 1 amide bonds. The Hall–Kier alpha value is -1.68. The predicted molar refractivity (Wildman–Crippen MR) is 78.5 cm³/mol. The zero-order valence-electron chi connectivity index (χ0n) is 11.3. The molecule has 1 aromatic carbocycles. The fraction of sp³-hybridized carbons (Fsp3) is 0.333. The van der Waals surface area contributed by atoms with Crippen LogP contribution >= 0.6 is 11.3 Å². The van der Waals surface area contributed by atoms with Crippen LogP contribution in [-0.4, -0.2) is 17.4 Å². The Bertz CT molecular complexity index is 549. The first-order valence-corrected chi connectivity index (χ1v) is 7.20. The maximum Gasteiger partial charge on any atom is 0.216 e. The number of carbonyl (C=O) groups is 1. The number of aryl methyl sites for hydroxylation is 1. The number of carbonyl (C=O) groups excluding carboxylic acids is 1. The first kappa shape index (κ1) is 13.7. The molecular weight excluding hydrogens is 256 g/mol. The number of nitrogens with zero attached hydrogens (tertiary/aromatic N) is 1. The Morgan fingerprint density at radius 1 is 1.32 bits per heavy atom. The molecule has 0 unspecified atom stereocenters. The second-order valence-electron chi connectivity index (χ2n) is 4.51. The van der Waals surface area contributed by atoms with E-state index in [4.69, 9.17) is 0 Å². The first-order valence-electron chi connectivity index (χ1n) is 6.38. The Morgan fingerprint density at radius 2 is 2.05 bits per heavy atom. The van der Waals surface area contributed by atoms with Gasteiger partial charge in [-0.25, -0.2) is 4.98 Å². The van der Waals surface area contributed by atoms with Gasteiger partial charge in [-0.3, -0.25) is 4.79 Å². The van der Waals surface area contributed by atoms with Gasteiger partial charge in [-0.2, -0.15) is 0 Å². The van der Waals surface area contributed by atoms with Crippen LogP contribution in [0.4, 0.5) is 0 Å². The topological polar surface area (TPSA) is 42.0 Å². The number of benzene rings is 1.